The third kappa shape index (κ3) is 3.24. The smallest absolute Gasteiger partial charge is 0.273 e. The van der Waals surface area contributed by atoms with Crippen LogP contribution in [0.3, 0.4) is 0 Å². The SMILES string of the molecule is COc1ccc(-c2n[nH]c3c2C(c2ccc(OC)cc2)N(Cc2ccco2)C3=O)cc1. The zero-order valence-corrected chi connectivity index (χ0v) is 17.2. The van der Waals surface area contributed by atoms with Crippen molar-refractivity contribution in [2.24, 2.45) is 0 Å². The highest BCUT2D eigenvalue weighted by molar-refractivity contribution is 6.00. The van der Waals surface area contributed by atoms with Crippen LogP contribution in [0.15, 0.2) is 71.3 Å². The molecule has 1 amide bonds. The largest absolute Gasteiger partial charge is 0.497 e. The Bertz CT molecular complexity index is 1190. The molecule has 1 aliphatic rings. The van der Waals surface area contributed by atoms with Crippen LogP contribution in [0.25, 0.3) is 11.3 Å². The fraction of sp³-hybridized carbons (Fsp3) is 0.167. The van der Waals surface area contributed by atoms with Crippen LogP contribution < -0.4 is 9.47 Å². The van der Waals surface area contributed by atoms with Gasteiger partial charge >= 0.3 is 0 Å². The molecule has 1 atom stereocenters. The first-order valence-corrected chi connectivity index (χ1v) is 9.89. The number of nitrogens with one attached hydrogen (secondary N) is 1. The molecule has 0 saturated heterocycles. The van der Waals surface area contributed by atoms with Crippen molar-refractivity contribution in [3.05, 3.63) is 89.5 Å². The molecule has 0 saturated carbocycles. The molecule has 2 aromatic heterocycles. The summed E-state index contributed by atoms with van der Waals surface area (Å²) in [5, 5.41) is 7.46. The van der Waals surface area contributed by atoms with Crippen LogP contribution in [-0.4, -0.2) is 35.2 Å². The van der Waals surface area contributed by atoms with Gasteiger partial charge in [0.15, 0.2) is 0 Å². The number of aromatic amines is 1. The highest BCUT2D eigenvalue weighted by Crippen LogP contribution is 2.43. The monoisotopic (exact) mass is 415 g/mol. The lowest BCUT2D eigenvalue weighted by Crippen LogP contribution is -2.28. The van der Waals surface area contributed by atoms with Gasteiger partial charge in [-0.1, -0.05) is 12.1 Å². The van der Waals surface area contributed by atoms with Gasteiger partial charge in [0, 0.05) is 11.1 Å². The van der Waals surface area contributed by atoms with Gasteiger partial charge in [-0.25, -0.2) is 0 Å². The first-order chi connectivity index (χ1) is 15.2. The van der Waals surface area contributed by atoms with Crippen LogP contribution in [0.2, 0.25) is 0 Å². The number of fused-ring (bicyclic) bond motifs is 1. The number of nitrogens with zero attached hydrogens (tertiary/aromatic N) is 2. The molecule has 5 rings (SSSR count). The maximum atomic E-state index is 13.3. The summed E-state index contributed by atoms with van der Waals surface area (Å²) in [5.41, 5.74) is 3.97. The molecule has 0 spiro atoms. The predicted octanol–water partition coefficient (Wildman–Crippen LogP) is 4.43. The van der Waals surface area contributed by atoms with Crippen molar-refractivity contribution in [3.8, 4) is 22.8 Å². The van der Waals surface area contributed by atoms with E-state index in [1.54, 1.807) is 25.4 Å². The number of carbonyl (C=O) groups excluding carboxylic acids is 1. The molecule has 4 aromatic rings. The summed E-state index contributed by atoms with van der Waals surface area (Å²) in [4.78, 5) is 15.1. The molecular formula is C24H21N3O4. The van der Waals surface area contributed by atoms with Crippen molar-refractivity contribution >= 4 is 5.91 Å². The van der Waals surface area contributed by atoms with Crippen LogP contribution in [0.1, 0.15) is 33.4 Å². The molecule has 3 heterocycles. The average Bonchev–Trinajstić information content (AvgIpc) is 3.54. The van der Waals surface area contributed by atoms with Gasteiger partial charge in [-0.15, -0.1) is 0 Å². The molecule has 7 heteroatoms. The van der Waals surface area contributed by atoms with E-state index in [-0.39, 0.29) is 11.9 Å². The summed E-state index contributed by atoms with van der Waals surface area (Å²) >= 11 is 0. The number of rotatable bonds is 6. The van der Waals surface area contributed by atoms with Gasteiger partial charge in [-0.3, -0.25) is 9.89 Å². The number of ether oxygens (including phenoxy) is 2. The minimum Gasteiger partial charge on any atom is -0.497 e. The Balaban J connectivity index is 1.62. The third-order valence-corrected chi connectivity index (χ3v) is 5.57. The van der Waals surface area contributed by atoms with E-state index in [0.29, 0.717) is 12.2 Å². The van der Waals surface area contributed by atoms with Gasteiger partial charge in [-0.05, 0) is 54.1 Å². The van der Waals surface area contributed by atoms with Crippen LogP contribution in [-0.2, 0) is 6.54 Å². The van der Waals surface area contributed by atoms with Crippen molar-refractivity contribution in [3.63, 3.8) is 0 Å². The summed E-state index contributed by atoms with van der Waals surface area (Å²) in [6.45, 7) is 0.354. The fourth-order valence-corrected chi connectivity index (χ4v) is 4.03. The molecule has 0 aliphatic carbocycles. The van der Waals surface area contributed by atoms with Crippen LogP contribution in [0, 0.1) is 0 Å². The number of methoxy groups -OCH3 is 2. The van der Waals surface area contributed by atoms with Gasteiger partial charge < -0.3 is 18.8 Å². The zero-order chi connectivity index (χ0) is 21.4. The first kappa shape index (κ1) is 19.0. The number of hydrogen-bond donors (Lipinski definition) is 1. The van der Waals surface area contributed by atoms with E-state index >= 15 is 0 Å². The Morgan fingerprint density at radius 2 is 1.68 bits per heavy atom. The second kappa shape index (κ2) is 7.68. The molecule has 1 N–H and O–H groups in total. The summed E-state index contributed by atoms with van der Waals surface area (Å²) in [6.07, 6.45) is 1.61. The Labute approximate surface area is 179 Å². The lowest BCUT2D eigenvalue weighted by atomic mass is 9.96. The maximum Gasteiger partial charge on any atom is 0.273 e. The number of H-pyrrole nitrogens is 1. The van der Waals surface area contributed by atoms with Gasteiger partial charge in [0.1, 0.15) is 23.0 Å². The average molecular weight is 415 g/mol. The minimum absolute atomic E-state index is 0.112. The van der Waals surface area contributed by atoms with Crippen molar-refractivity contribution in [1.29, 1.82) is 0 Å². The fourth-order valence-electron chi connectivity index (χ4n) is 4.03. The van der Waals surface area contributed by atoms with Crippen LogP contribution in [0.5, 0.6) is 11.5 Å². The number of benzene rings is 2. The second-order valence-corrected chi connectivity index (χ2v) is 7.28. The van der Waals surface area contributed by atoms with E-state index in [9.17, 15) is 4.79 Å². The molecule has 1 aliphatic heterocycles. The van der Waals surface area contributed by atoms with Gasteiger partial charge in [0.05, 0.1) is 38.8 Å². The van der Waals surface area contributed by atoms with Gasteiger partial charge in [0.2, 0.25) is 0 Å². The summed E-state index contributed by atoms with van der Waals surface area (Å²) in [5.74, 6) is 2.13. The van der Waals surface area contributed by atoms with Gasteiger partial charge in [0.25, 0.3) is 5.91 Å². The van der Waals surface area contributed by atoms with Crippen molar-refractivity contribution in [2.75, 3.05) is 14.2 Å². The molecule has 7 nitrogen and oxygen atoms in total. The minimum atomic E-state index is -0.311. The molecule has 1 unspecified atom stereocenters. The topological polar surface area (TPSA) is 80.6 Å². The van der Waals surface area contributed by atoms with Crippen LogP contribution in [0.4, 0.5) is 0 Å². The van der Waals surface area contributed by atoms with E-state index in [4.69, 9.17) is 13.9 Å². The first-order valence-electron chi connectivity index (χ1n) is 9.89. The maximum absolute atomic E-state index is 13.3. The third-order valence-electron chi connectivity index (χ3n) is 5.57. The lowest BCUT2D eigenvalue weighted by molar-refractivity contribution is 0.0717. The molecule has 2 aromatic carbocycles. The quantitative estimate of drug-likeness (QED) is 0.504. The molecule has 0 bridgehead atoms. The highest BCUT2D eigenvalue weighted by Gasteiger charge is 2.42. The summed E-state index contributed by atoms with van der Waals surface area (Å²) in [6, 6.07) is 18.8. The Kier molecular flexibility index (Phi) is 4.71. The van der Waals surface area contributed by atoms with Gasteiger partial charge in [-0.2, -0.15) is 5.10 Å². The molecule has 156 valence electrons. The van der Waals surface area contributed by atoms with Crippen LogP contribution >= 0.6 is 0 Å². The highest BCUT2D eigenvalue weighted by atomic mass is 16.5. The van der Waals surface area contributed by atoms with Crippen molar-refractivity contribution in [2.45, 2.75) is 12.6 Å². The molecule has 0 radical (unpaired) electrons. The lowest BCUT2D eigenvalue weighted by Gasteiger charge is -2.25. The Morgan fingerprint density at radius 3 is 2.29 bits per heavy atom. The zero-order valence-electron chi connectivity index (χ0n) is 17.2. The Hall–Kier alpha value is -4.00. The van der Waals surface area contributed by atoms with E-state index in [0.717, 1.165) is 39.6 Å². The van der Waals surface area contributed by atoms with E-state index < -0.39 is 0 Å². The molecule has 0 fully saturated rings. The predicted molar refractivity (Wildman–Crippen MR) is 114 cm³/mol. The van der Waals surface area contributed by atoms with Crippen molar-refractivity contribution in [1.82, 2.24) is 15.1 Å². The number of aromatic nitrogens is 2. The number of carbonyl (C=O) groups is 1. The van der Waals surface area contributed by atoms with E-state index in [2.05, 4.69) is 10.2 Å². The number of amides is 1. The Morgan fingerprint density at radius 1 is 1.00 bits per heavy atom. The molecule has 31 heavy (non-hydrogen) atoms. The second-order valence-electron chi connectivity index (χ2n) is 7.28. The van der Waals surface area contributed by atoms with Crippen molar-refractivity contribution < 1.29 is 18.7 Å². The number of furan rings is 1. The number of hydrogen-bond acceptors (Lipinski definition) is 5. The standard InChI is InChI=1S/C24H21N3O4/c1-29-17-9-5-15(6-10-17)21-20-22(26-25-21)24(28)27(14-19-4-3-13-31-19)23(20)16-7-11-18(30-2)12-8-16/h3-13,23H,14H2,1-2H3,(H,25,26). The van der Waals surface area contributed by atoms with E-state index in [1.807, 2.05) is 60.7 Å². The van der Waals surface area contributed by atoms with E-state index in [1.165, 1.54) is 0 Å². The normalized spacial score (nSPS) is 15.2. The summed E-state index contributed by atoms with van der Waals surface area (Å²) < 4.78 is 16.1. The summed E-state index contributed by atoms with van der Waals surface area (Å²) in [7, 11) is 3.26. The molecular weight excluding hydrogens is 394 g/mol.